The first-order valence-electron chi connectivity index (χ1n) is 42.0. The van der Waals surface area contributed by atoms with Gasteiger partial charge in [0.1, 0.15) is 95.9 Å². The highest BCUT2D eigenvalue weighted by Gasteiger charge is 2.48. The zero-order valence-corrected chi connectivity index (χ0v) is 68.6. The lowest BCUT2D eigenvalue weighted by Gasteiger charge is -2.43. The molecular weight excluding hydrogens is 1600 g/mol. The molecular formula is C98H94F8N8O10. The lowest BCUT2D eigenvalue weighted by Crippen LogP contribution is -2.43. The largest absolute Gasteiger partial charge is 0.375 e. The number of rotatable bonds is 11. The van der Waals surface area contributed by atoms with E-state index in [1.807, 2.05) is 66.7 Å². The molecule has 124 heavy (non-hydrogen) atoms. The maximum absolute atomic E-state index is 14.4. The predicted molar refractivity (Wildman–Crippen MR) is 449 cm³/mol. The molecule has 10 aromatic carbocycles. The average molecular weight is 1700 g/mol. The molecule has 10 aliphatic rings. The lowest BCUT2D eigenvalue weighted by atomic mass is 9.85. The molecule has 0 saturated carbocycles. The van der Waals surface area contributed by atoms with Crippen molar-refractivity contribution < 1.29 is 82.5 Å². The fourth-order valence-corrected chi connectivity index (χ4v) is 18.0. The van der Waals surface area contributed by atoms with Gasteiger partial charge in [0.05, 0.1) is 134 Å². The third-order valence-corrected chi connectivity index (χ3v) is 24.2. The van der Waals surface area contributed by atoms with E-state index in [2.05, 4.69) is 103 Å². The van der Waals surface area contributed by atoms with Crippen LogP contribution in [0, 0.1) is 80.5 Å². The van der Waals surface area contributed by atoms with Gasteiger partial charge >= 0.3 is 0 Å². The van der Waals surface area contributed by atoms with Gasteiger partial charge in [-0.25, -0.2) is 35.1 Å². The van der Waals surface area contributed by atoms with Gasteiger partial charge in [-0.2, -0.15) is 15.8 Å². The minimum atomic E-state index is -0.853. The van der Waals surface area contributed by atoms with Crippen LogP contribution in [0.5, 0.6) is 0 Å². The predicted octanol–water partition coefficient (Wildman–Crippen LogP) is 20.5. The van der Waals surface area contributed by atoms with Crippen LogP contribution >= 0.6 is 0 Å². The second kappa shape index (κ2) is 38.9. The highest BCUT2D eigenvalue weighted by Crippen LogP contribution is 2.52. The standard InChI is InChI=1S/C21H24FNO2.C20H21F2NO2.2C19H16F2N2O2.C19H17FN2O2/c1-3-13(2)14-7-8-18-17(12-14)20-21(25-10-9-24-20)19(23-18)15-5-4-6-16(22)11-15;1-11(2)12-6-7-16-14(10-12)19-20(25-9-8-24-19)18(23-16)13-4-3-5-15(21)17(13)22;2*20-13-2-1-3-14(21)16(13)17-19-18(24-8-9-25-19)12-10-11(6-7-22)4-5-15(12)23-17;20-14-4-2-13(3-5-14)17-19-18(23-9-10-24-19)15-11-12(7-8-21)1-6-16(15)22-17/h4-8,11-13,19-21,23H,3,9-10H2,1-2H3;3-7,10-11,18-20,23H,8-9H2,1-2H3;2*1-5,10,17-19,23H,6,8-9H2;1-6,11,17-19,22H,7,9-10H2/t;;17-,18?,19?;;/m..0../s1. The van der Waals surface area contributed by atoms with E-state index in [1.54, 1.807) is 30.3 Å². The number of benzene rings is 10. The Balaban J connectivity index is 0.000000115. The number of nitrogens with one attached hydrogen (secondary N) is 5. The van der Waals surface area contributed by atoms with E-state index in [0.29, 0.717) is 84.3 Å². The van der Waals surface area contributed by atoms with Gasteiger partial charge in [-0.1, -0.05) is 119 Å². The lowest BCUT2D eigenvalue weighted by molar-refractivity contribution is -0.151. The summed E-state index contributed by atoms with van der Waals surface area (Å²) in [7, 11) is 0. The number of hydrogen-bond acceptors (Lipinski definition) is 18. The molecule has 0 aromatic heterocycles. The van der Waals surface area contributed by atoms with E-state index in [-0.39, 0.29) is 83.8 Å². The number of nitrogens with zero attached hydrogens (tertiary/aromatic N) is 3. The quantitative estimate of drug-likeness (QED) is 0.0759. The van der Waals surface area contributed by atoms with Crippen molar-refractivity contribution >= 4 is 28.4 Å². The molecule has 0 aliphatic carbocycles. The van der Waals surface area contributed by atoms with Gasteiger partial charge < -0.3 is 74.0 Å². The molecule has 16 atom stereocenters. The summed E-state index contributed by atoms with van der Waals surface area (Å²) in [6.07, 6.45) is -1.29. The number of halogens is 8. The van der Waals surface area contributed by atoms with Crippen molar-refractivity contribution in [2.75, 3.05) is 92.7 Å². The Morgan fingerprint density at radius 3 is 1.05 bits per heavy atom. The monoisotopic (exact) mass is 1690 g/mol. The summed E-state index contributed by atoms with van der Waals surface area (Å²) < 4.78 is 172. The fraction of sp³-hybridized carbons (Fsp3) is 0.357. The van der Waals surface area contributed by atoms with Crippen molar-refractivity contribution in [3.05, 3.63) is 324 Å². The molecule has 10 heterocycles. The number of hydrogen-bond donors (Lipinski definition) is 5. The smallest absolute Gasteiger partial charge is 0.164 e. The maximum Gasteiger partial charge on any atom is 0.164 e. The molecule has 0 spiro atoms. The van der Waals surface area contributed by atoms with Crippen LogP contribution in [0.15, 0.2) is 194 Å². The summed E-state index contributed by atoms with van der Waals surface area (Å²) in [5.74, 6) is -3.74. The van der Waals surface area contributed by atoms with Crippen LogP contribution in [0.2, 0.25) is 0 Å². The van der Waals surface area contributed by atoms with Crippen molar-refractivity contribution in [2.24, 2.45) is 0 Å². The SMILES string of the molecule is CC(C)c1ccc2c(c1)C1OCCOC1C(c1cccc(F)c1F)N2.CCC(C)c1ccc2c(c1)C1OCCOC1C(c1cccc(F)c1)N2.N#CCc1ccc2c(c1)C1OCCOC1C(c1c(F)cccc1F)N2.N#CCc1ccc2c(c1)C1OCCOC1C(c1ccc(F)cc1)N2.N#CCc1ccc2c(c1)C1OCCOC1[C@H](c1c(F)cccc1F)N2. The first-order valence-corrected chi connectivity index (χ1v) is 42.0. The molecule has 5 N–H and O–H groups in total. The van der Waals surface area contributed by atoms with Gasteiger partial charge in [0.2, 0.25) is 0 Å². The van der Waals surface area contributed by atoms with Crippen molar-refractivity contribution in [1.29, 1.82) is 15.8 Å². The Morgan fingerprint density at radius 2 is 0.645 bits per heavy atom. The molecule has 26 heteroatoms. The first-order chi connectivity index (χ1) is 60.4. The molecule has 10 aromatic rings. The molecule has 5 saturated heterocycles. The summed E-state index contributed by atoms with van der Waals surface area (Å²) in [5.41, 5.74) is 16.5. The summed E-state index contributed by atoms with van der Waals surface area (Å²) >= 11 is 0. The van der Waals surface area contributed by atoms with Gasteiger partial charge in [0, 0.05) is 72.9 Å². The summed E-state index contributed by atoms with van der Waals surface area (Å²) in [5, 5.41) is 43.5. The molecule has 642 valence electrons. The van der Waals surface area contributed by atoms with Crippen LogP contribution in [0.4, 0.5) is 63.6 Å². The van der Waals surface area contributed by atoms with Crippen LogP contribution < -0.4 is 26.6 Å². The van der Waals surface area contributed by atoms with Gasteiger partial charge in [-0.3, -0.25) is 0 Å². The molecule has 0 bridgehead atoms. The zero-order valence-electron chi connectivity index (χ0n) is 68.6. The summed E-state index contributed by atoms with van der Waals surface area (Å²) in [6, 6.07) is 59.1. The highest BCUT2D eigenvalue weighted by atomic mass is 19.2. The summed E-state index contributed by atoms with van der Waals surface area (Å²) in [6.45, 7) is 13.4. The van der Waals surface area contributed by atoms with E-state index in [9.17, 15) is 35.1 Å². The molecule has 20 rings (SSSR count). The second-order valence-electron chi connectivity index (χ2n) is 32.2. The zero-order chi connectivity index (χ0) is 86.2. The Morgan fingerprint density at radius 1 is 0.315 bits per heavy atom. The molecule has 0 radical (unpaired) electrons. The third-order valence-electron chi connectivity index (χ3n) is 24.2. The first kappa shape index (κ1) is 86.2. The number of ether oxygens (including phenoxy) is 10. The van der Waals surface area contributed by atoms with Crippen molar-refractivity contribution in [2.45, 2.75) is 156 Å². The van der Waals surface area contributed by atoms with Gasteiger partial charge in [0.25, 0.3) is 0 Å². The van der Waals surface area contributed by atoms with E-state index in [4.69, 9.17) is 63.2 Å². The van der Waals surface area contributed by atoms with Gasteiger partial charge in [-0.15, -0.1) is 0 Å². The van der Waals surface area contributed by atoms with E-state index < -0.39 is 83.5 Å². The van der Waals surface area contributed by atoms with E-state index in [0.717, 1.165) is 96.6 Å². The van der Waals surface area contributed by atoms with Crippen molar-refractivity contribution in [1.82, 2.24) is 0 Å². The van der Waals surface area contributed by atoms with Crippen molar-refractivity contribution in [3.8, 4) is 18.2 Å². The Bertz CT molecular complexity index is 5440. The minimum Gasteiger partial charge on any atom is -0.375 e. The van der Waals surface area contributed by atoms with Crippen molar-refractivity contribution in [3.63, 3.8) is 0 Å². The maximum atomic E-state index is 14.4. The molecule has 10 aliphatic heterocycles. The van der Waals surface area contributed by atoms with Gasteiger partial charge in [-0.05, 0) is 160 Å². The number of anilines is 5. The Kier molecular flexibility index (Phi) is 27.0. The summed E-state index contributed by atoms with van der Waals surface area (Å²) in [4.78, 5) is 0. The molecule has 18 nitrogen and oxygen atoms in total. The Hall–Kier alpha value is -11.3. The average Bonchev–Trinajstić information content (AvgIpc) is 0.799. The molecule has 5 fully saturated rings. The highest BCUT2D eigenvalue weighted by molar-refractivity contribution is 5.64. The van der Waals surface area contributed by atoms with E-state index in [1.165, 1.54) is 71.8 Å². The van der Waals surface area contributed by atoms with Crippen LogP contribution in [0.25, 0.3) is 0 Å². The Labute approximate surface area is 714 Å². The molecule has 0 amide bonds. The molecule has 15 unspecified atom stereocenters. The van der Waals surface area contributed by atoms with E-state index >= 15 is 0 Å². The minimum absolute atomic E-state index is 0.0465. The third kappa shape index (κ3) is 18.3. The topological polar surface area (TPSA) is 224 Å². The normalized spacial score (nSPS) is 25.2. The van der Waals surface area contributed by atoms with Crippen LogP contribution in [0.1, 0.15) is 190 Å². The van der Waals surface area contributed by atoms with Gasteiger partial charge in [0.15, 0.2) is 11.6 Å². The second-order valence-corrected chi connectivity index (χ2v) is 32.2. The van der Waals surface area contributed by atoms with Crippen LogP contribution in [-0.4, -0.2) is 96.6 Å². The number of fused-ring (bicyclic) bond motifs is 15. The van der Waals surface area contributed by atoms with Crippen LogP contribution in [0.3, 0.4) is 0 Å². The number of nitriles is 3. The van der Waals surface area contributed by atoms with Crippen LogP contribution in [-0.2, 0) is 66.6 Å². The fourth-order valence-electron chi connectivity index (χ4n) is 18.0.